The normalized spacial score (nSPS) is 14.4. The third kappa shape index (κ3) is 6.57. The third-order valence-corrected chi connectivity index (χ3v) is 8.99. The molecule has 7 nitrogen and oxygen atoms in total. The predicted octanol–water partition coefficient (Wildman–Crippen LogP) is 6.51. The molecule has 0 unspecified atom stereocenters. The van der Waals surface area contributed by atoms with Crippen molar-refractivity contribution in [3.63, 3.8) is 0 Å². The van der Waals surface area contributed by atoms with Crippen molar-refractivity contribution in [1.82, 2.24) is 4.57 Å². The number of hydrogen-bond acceptors (Lipinski definition) is 7. The van der Waals surface area contributed by atoms with Gasteiger partial charge >= 0.3 is 5.97 Å². The summed E-state index contributed by atoms with van der Waals surface area (Å²) in [6.07, 6.45) is 1.83. The van der Waals surface area contributed by atoms with E-state index < -0.39 is 12.0 Å². The van der Waals surface area contributed by atoms with Gasteiger partial charge in [0.2, 0.25) is 0 Å². The molecule has 0 spiro atoms. The molecule has 1 aromatic heterocycles. The van der Waals surface area contributed by atoms with Crippen LogP contribution in [0, 0.1) is 11.3 Å². The number of aromatic nitrogens is 1. The molecular formula is C39H33N3O4S. The number of nitriles is 1. The van der Waals surface area contributed by atoms with E-state index in [0.717, 1.165) is 27.8 Å². The number of fused-ring (bicyclic) bond motifs is 1. The van der Waals surface area contributed by atoms with Gasteiger partial charge in [0.25, 0.3) is 5.56 Å². The first-order chi connectivity index (χ1) is 22.9. The minimum absolute atomic E-state index is 0.193. The van der Waals surface area contributed by atoms with Crippen molar-refractivity contribution in [2.75, 3.05) is 6.61 Å². The molecule has 1 atom stereocenters. The Bertz CT molecular complexity index is 2170. The van der Waals surface area contributed by atoms with E-state index in [9.17, 15) is 14.9 Å². The number of ether oxygens (including phenoxy) is 2. The molecular weight excluding hydrogens is 607 g/mol. The smallest absolute Gasteiger partial charge is 0.338 e. The molecule has 2 heterocycles. The van der Waals surface area contributed by atoms with E-state index >= 15 is 0 Å². The zero-order valence-corrected chi connectivity index (χ0v) is 27.2. The number of thiazole rings is 1. The van der Waals surface area contributed by atoms with Crippen LogP contribution in [0.3, 0.4) is 0 Å². The summed E-state index contributed by atoms with van der Waals surface area (Å²) in [5, 5.41) is 9.36. The second kappa shape index (κ2) is 13.9. The van der Waals surface area contributed by atoms with Crippen LogP contribution >= 0.6 is 11.3 Å². The zero-order chi connectivity index (χ0) is 32.9. The lowest BCUT2D eigenvalue weighted by atomic mass is 9.91. The van der Waals surface area contributed by atoms with E-state index in [0.29, 0.717) is 37.8 Å². The molecule has 0 fully saturated rings. The molecule has 0 aliphatic carbocycles. The van der Waals surface area contributed by atoms with E-state index in [1.54, 1.807) is 17.6 Å². The Kier molecular flexibility index (Phi) is 9.28. The summed E-state index contributed by atoms with van der Waals surface area (Å²) < 4.78 is 13.6. The molecule has 0 amide bonds. The summed E-state index contributed by atoms with van der Waals surface area (Å²) in [4.78, 5) is 33.3. The Labute approximate surface area is 277 Å². The Morgan fingerprint density at radius 1 is 0.979 bits per heavy atom. The van der Waals surface area contributed by atoms with Gasteiger partial charge in [0.1, 0.15) is 12.4 Å². The fraction of sp³-hybridized carbons (Fsp3) is 0.179. The van der Waals surface area contributed by atoms with Crippen molar-refractivity contribution in [3.05, 3.63) is 162 Å². The van der Waals surface area contributed by atoms with Crippen molar-refractivity contribution < 1.29 is 14.3 Å². The van der Waals surface area contributed by atoms with Gasteiger partial charge in [-0.05, 0) is 53.8 Å². The van der Waals surface area contributed by atoms with Crippen LogP contribution in [0.15, 0.2) is 118 Å². The van der Waals surface area contributed by atoms with Gasteiger partial charge in [0.15, 0.2) is 4.80 Å². The topological polar surface area (TPSA) is 93.7 Å². The fourth-order valence-corrected chi connectivity index (χ4v) is 6.55. The zero-order valence-electron chi connectivity index (χ0n) is 26.3. The van der Waals surface area contributed by atoms with Crippen LogP contribution in [0.1, 0.15) is 66.1 Å². The highest BCUT2D eigenvalue weighted by molar-refractivity contribution is 7.07. The van der Waals surface area contributed by atoms with Crippen LogP contribution in [-0.2, 0) is 16.1 Å². The molecule has 0 saturated carbocycles. The molecule has 0 radical (unpaired) electrons. The first-order valence-corrected chi connectivity index (χ1v) is 16.3. The number of esters is 1. The maximum atomic E-state index is 14.2. The largest absolute Gasteiger partial charge is 0.489 e. The van der Waals surface area contributed by atoms with Gasteiger partial charge in [-0.2, -0.15) is 5.26 Å². The van der Waals surface area contributed by atoms with Crippen molar-refractivity contribution >= 4 is 29.1 Å². The third-order valence-electron chi connectivity index (χ3n) is 8.00. The number of benzene rings is 4. The maximum absolute atomic E-state index is 14.2. The predicted molar refractivity (Wildman–Crippen MR) is 184 cm³/mol. The number of carbonyl (C=O) groups is 1. The van der Waals surface area contributed by atoms with Crippen molar-refractivity contribution in [1.29, 1.82) is 5.26 Å². The van der Waals surface area contributed by atoms with Gasteiger partial charge < -0.3 is 9.47 Å². The van der Waals surface area contributed by atoms with Gasteiger partial charge in [-0.3, -0.25) is 9.36 Å². The lowest BCUT2D eigenvalue weighted by molar-refractivity contribution is -0.138. The minimum Gasteiger partial charge on any atom is -0.489 e. The molecule has 1 aliphatic heterocycles. The Morgan fingerprint density at radius 3 is 2.36 bits per heavy atom. The monoisotopic (exact) mass is 639 g/mol. The first kappa shape index (κ1) is 31.5. The summed E-state index contributed by atoms with van der Waals surface area (Å²) >= 11 is 1.28. The maximum Gasteiger partial charge on any atom is 0.338 e. The van der Waals surface area contributed by atoms with Crippen molar-refractivity contribution in [2.24, 2.45) is 4.99 Å². The van der Waals surface area contributed by atoms with E-state index in [1.165, 1.54) is 11.3 Å². The van der Waals surface area contributed by atoms with Crippen LogP contribution in [-0.4, -0.2) is 17.1 Å². The number of rotatable bonds is 9. The van der Waals surface area contributed by atoms with Crippen molar-refractivity contribution in [3.8, 4) is 11.8 Å². The molecule has 6 rings (SSSR count). The van der Waals surface area contributed by atoms with Gasteiger partial charge in [-0.15, -0.1) is 0 Å². The van der Waals surface area contributed by atoms with E-state index in [1.807, 2.05) is 103 Å². The van der Waals surface area contributed by atoms with Crippen LogP contribution in [0.4, 0.5) is 0 Å². The quantitative estimate of drug-likeness (QED) is 0.172. The standard InChI is InChI=1S/C39H33N3O4S/c1-4-45-38(44)34-35(28-10-6-5-7-11-28)41-39-42(36(34)29-18-16-27(17-19-29)25(2)3)37(43)33(47-39)22-26-14-20-32(21-15-26)46-24-31-13-9-8-12-30(31)23-40/h5-22,25,36H,4,24H2,1-3H3/b33-22-/t36-/m0/s1. The SMILES string of the molecule is CCOC(=O)C1=C(c2ccccc2)N=c2s/c(=C\c3ccc(OCc4ccccc4C#N)cc3)c(=O)n2[C@H]1c1ccc(C(C)C)cc1. The van der Waals surface area contributed by atoms with Gasteiger partial charge in [0.05, 0.1) is 40.1 Å². The molecule has 1 aliphatic rings. The first-order valence-electron chi connectivity index (χ1n) is 15.5. The second-order valence-electron chi connectivity index (χ2n) is 11.4. The number of nitrogens with zero attached hydrogens (tertiary/aromatic N) is 3. The Hall–Kier alpha value is -5.52. The van der Waals surface area contributed by atoms with E-state index in [-0.39, 0.29) is 18.8 Å². The average Bonchev–Trinajstić information content (AvgIpc) is 3.41. The van der Waals surface area contributed by atoms with Gasteiger partial charge in [-0.25, -0.2) is 9.79 Å². The average molecular weight is 640 g/mol. The summed E-state index contributed by atoms with van der Waals surface area (Å²) in [5.74, 6) is 0.471. The lowest BCUT2D eigenvalue weighted by Crippen LogP contribution is -2.40. The van der Waals surface area contributed by atoms with E-state index in [2.05, 4.69) is 19.9 Å². The molecule has 4 aromatic carbocycles. The van der Waals surface area contributed by atoms with E-state index in [4.69, 9.17) is 14.5 Å². The molecule has 5 aromatic rings. The van der Waals surface area contributed by atoms with Crippen LogP contribution in [0.5, 0.6) is 5.75 Å². The number of carbonyl (C=O) groups excluding carboxylic acids is 1. The molecule has 0 N–H and O–H groups in total. The van der Waals surface area contributed by atoms with Crippen LogP contribution < -0.4 is 19.6 Å². The Morgan fingerprint density at radius 2 is 1.68 bits per heavy atom. The fourth-order valence-electron chi connectivity index (χ4n) is 5.55. The molecule has 234 valence electrons. The second-order valence-corrected chi connectivity index (χ2v) is 12.4. The Balaban J connectivity index is 1.43. The van der Waals surface area contributed by atoms with Crippen molar-refractivity contribution in [2.45, 2.75) is 39.3 Å². The van der Waals surface area contributed by atoms with Crippen LogP contribution in [0.2, 0.25) is 0 Å². The van der Waals surface area contributed by atoms with Crippen LogP contribution in [0.25, 0.3) is 11.8 Å². The minimum atomic E-state index is -0.726. The summed E-state index contributed by atoms with van der Waals surface area (Å²) in [6.45, 7) is 6.48. The highest BCUT2D eigenvalue weighted by Gasteiger charge is 2.35. The molecule has 8 heteroatoms. The highest BCUT2D eigenvalue weighted by Crippen LogP contribution is 2.35. The number of hydrogen-bond donors (Lipinski definition) is 0. The highest BCUT2D eigenvalue weighted by atomic mass is 32.1. The summed E-state index contributed by atoms with van der Waals surface area (Å²) in [5.41, 5.74) is 5.51. The summed E-state index contributed by atoms with van der Waals surface area (Å²) in [6, 6.07) is 33.8. The molecule has 0 bridgehead atoms. The van der Waals surface area contributed by atoms with Gasteiger partial charge in [0, 0.05) is 11.1 Å². The molecule has 47 heavy (non-hydrogen) atoms. The summed E-state index contributed by atoms with van der Waals surface area (Å²) in [7, 11) is 0. The van der Waals surface area contributed by atoms with Gasteiger partial charge in [-0.1, -0.05) is 110 Å². The molecule has 0 saturated heterocycles. The lowest BCUT2D eigenvalue weighted by Gasteiger charge is -2.26.